The highest BCUT2D eigenvalue weighted by Crippen LogP contribution is 2.35. The van der Waals surface area contributed by atoms with Gasteiger partial charge in [-0.2, -0.15) is 0 Å². The molecule has 1 aliphatic rings. The molecule has 114 valence electrons. The zero-order valence-electron chi connectivity index (χ0n) is 13.6. The summed E-state index contributed by atoms with van der Waals surface area (Å²) >= 11 is 1.74. The molecule has 0 atom stereocenters. The molecule has 0 bridgehead atoms. The molecule has 1 fully saturated rings. The molecule has 0 radical (unpaired) electrons. The number of aromatic nitrogens is 1. The topological polar surface area (TPSA) is 42.1 Å². The van der Waals surface area contributed by atoms with Crippen molar-refractivity contribution in [1.29, 1.82) is 0 Å². The minimum absolute atomic E-state index is 0.115. The van der Waals surface area contributed by atoms with Gasteiger partial charge in [-0.05, 0) is 18.8 Å². The van der Waals surface area contributed by atoms with Crippen molar-refractivity contribution in [3.63, 3.8) is 0 Å². The van der Waals surface area contributed by atoms with Crippen LogP contribution in [0.5, 0.6) is 0 Å². The van der Waals surface area contributed by atoms with E-state index in [1.54, 1.807) is 11.3 Å². The summed E-state index contributed by atoms with van der Waals surface area (Å²) in [4.78, 5) is 7.37. The van der Waals surface area contributed by atoms with Crippen LogP contribution in [0, 0.1) is 5.92 Å². The van der Waals surface area contributed by atoms with Crippen LogP contribution in [0.15, 0.2) is 5.38 Å². The number of thiazole rings is 1. The van der Waals surface area contributed by atoms with E-state index in [0.717, 1.165) is 36.9 Å². The first kappa shape index (κ1) is 15.9. The molecule has 2 rings (SSSR count). The molecule has 0 saturated carbocycles. The third kappa shape index (κ3) is 3.60. The Balaban J connectivity index is 2.04. The van der Waals surface area contributed by atoms with Crippen LogP contribution in [0.1, 0.15) is 58.2 Å². The SMILES string of the molecule is CC(C)CN1CCC(N)(c2nc(C(C)(C)C)cs2)CC1. The van der Waals surface area contributed by atoms with Gasteiger partial charge in [-0.25, -0.2) is 4.98 Å². The fourth-order valence-electron chi connectivity index (χ4n) is 2.71. The van der Waals surface area contributed by atoms with Crippen LogP contribution in [-0.2, 0) is 11.0 Å². The van der Waals surface area contributed by atoms with Crippen LogP contribution in [0.2, 0.25) is 0 Å². The number of nitrogens with two attached hydrogens (primary N) is 1. The van der Waals surface area contributed by atoms with Gasteiger partial charge in [-0.1, -0.05) is 34.6 Å². The molecule has 3 nitrogen and oxygen atoms in total. The maximum atomic E-state index is 6.65. The quantitative estimate of drug-likeness (QED) is 0.930. The van der Waals surface area contributed by atoms with Crippen molar-refractivity contribution in [3.05, 3.63) is 16.1 Å². The molecule has 4 heteroatoms. The van der Waals surface area contributed by atoms with Gasteiger partial charge in [0.05, 0.1) is 11.2 Å². The Morgan fingerprint density at radius 2 is 1.95 bits per heavy atom. The van der Waals surface area contributed by atoms with Crippen molar-refractivity contribution >= 4 is 11.3 Å². The van der Waals surface area contributed by atoms with Crippen molar-refractivity contribution in [2.24, 2.45) is 11.7 Å². The fraction of sp³-hybridized carbons (Fsp3) is 0.812. The molecule has 2 N–H and O–H groups in total. The molecule has 0 aliphatic carbocycles. The number of hydrogen-bond donors (Lipinski definition) is 1. The summed E-state index contributed by atoms with van der Waals surface area (Å²) in [5.74, 6) is 0.729. The Bertz CT molecular complexity index is 437. The average molecular weight is 295 g/mol. The Morgan fingerprint density at radius 3 is 2.40 bits per heavy atom. The normalized spacial score (nSPS) is 20.6. The lowest BCUT2D eigenvalue weighted by Gasteiger charge is -2.38. The molecule has 0 amide bonds. The predicted molar refractivity (Wildman–Crippen MR) is 87.2 cm³/mol. The van der Waals surface area contributed by atoms with Crippen LogP contribution in [0.3, 0.4) is 0 Å². The fourth-order valence-corrected chi connectivity index (χ4v) is 3.93. The average Bonchev–Trinajstić information content (AvgIpc) is 2.81. The van der Waals surface area contributed by atoms with Gasteiger partial charge >= 0.3 is 0 Å². The highest BCUT2D eigenvalue weighted by atomic mass is 32.1. The summed E-state index contributed by atoms with van der Waals surface area (Å²) in [7, 11) is 0. The lowest BCUT2D eigenvalue weighted by Crippen LogP contribution is -2.48. The van der Waals surface area contributed by atoms with E-state index < -0.39 is 0 Å². The molecule has 1 aromatic heterocycles. The second-order valence-corrected chi connectivity index (χ2v) is 8.50. The minimum atomic E-state index is -0.207. The van der Waals surface area contributed by atoms with Crippen molar-refractivity contribution in [2.45, 2.75) is 58.4 Å². The molecule has 2 heterocycles. The summed E-state index contributed by atoms with van der Waals surface area (Å²) in [6, 6.07) is 0. The second kappa shape index (κ2) is 5.74. The molecule has 20 heavy (non-hydrogen) atoms. The van der Waals surface area contributed by atoms with Gasteiger partial charge in [-0.15, -0.1) is 11.3 Å². The minimum Gasteiger partial charge on any atom is -0.319 e. The summed E-state index contributed by atoms with van der Waals surface area (Å²) in [5.41, 5.74) is 7.73. The van der Waals surface area contributed by atoms with Crippen molar-refractivity contribution in [3.8, 4) is 0 Å². The van der Waals surface area contributed by atoms with Gasteiger partial charge in [0.25, 0.3) is 0 Å². The highest BCUT2D eigenvalue weighted by Gasteiger charge is 2.35. The van der Waals surface area contributed by atoms with Gasteiger partial charge in [-0.3, -0.25) is 0 Å². The number of piperidine rings is 1. The zero-order valence-corrected chi connectivity index (χ0v) is 14.4. The maximum absolute atomic E-state index is 6.65. The van der Waals surface area contributed by atoms with Gasteiger partial charge in [0.15, 0.2) is 0 Å². The van der Waals surface area contributed by atoms with Crippen LogP contribution in [0.25, 0.3) is 0 Å². The van der Waals surface area contributed by atoms with Crippen molar-refractivity contribution in [2.75, 3.05) is 19.6 Å². The number of nitrogens with zero attached hydrogens (tertiary/aromatic N) is 2. The molecular formula is C16H29N3S. The van der Waals surface area contributed by atoms with Crippen LogP contribution < -0.4 is 5.73 Å². The van der Waals surface area contributed by atoms with E-state index in [1.807, 2.05) is 0 Å². The van der Waals surface area contributed by atoms with Crippen molar-refractivity contribution in [1.82, 2.24) is 9.88 Å². The molecule has 0 unspecified atom stereocenters. The van der Waals surface area contributed by atoms with Gasteiger partial charge in [0.1, 0.15) is 5.01 Å². The molecule has 1 aromatic rings. The maximum Gasteiger partial charge on any atom is 0.113 e. The number of hydrogen-bond acceptors (Lipinski definition) is 4. The highest BCUT2D eigenvalue weighted by molar-refractivity contribution is 7.09. The van der Waals surface area contributed by atoms with Gasteiger partial charge < -0.3 is 10.6 Å². The van der Waals surface area contributed by atoms with Crippen LogP contribution in [-0.4, -0.2) is 29.5 Å². The Labute approximate surface area is 127 Å². The zero-order chi connectivity index (χ0) is 15.0. The van der Waals surface area contributed by atoms with E-state index >= 15 is 0 Å². The summed E-state index contributed by atoms with van der Waals surface area (Å²) < 4.78 is 0. The van der Waals surface area contributed by atoms with E-state index in [-0.39, 0.29) is 11.0 Å². The van der Waals surface area contributed by atoms with E-state index in [4.69, 9.17) is 10.7 Å². The van der Waals surface area contributed by atoms with Gasteiger partial charge in [0.2, 0.25) is 0 Å². The lowest BCUT2D eigenvalue weighted by atomic mass is 9.88. The predicted octanol–water partition coefficient (Wildman–Crippen LogP) is 3.35. The Kier molecular flexibility index (Phi) is 4.57. The second-order valence-electron chi connectivity index (χ2n) is 7.64. The first-order valence-corrected chi connectivity index (χ1v) is 8.56. The van der Waals surface area contributed by atoms with E-state index in [9.17, 15) is 0 Å². The molecule has 0 aromatic carbocycles. The molecule has 0 spiro atoms. The van der Waals surface area contributed by atoms with Crippen LogP contribution in [0.4, 0.5) is 0 Å². The first-order valence-electron chi connectivity index (χ1n) is 7.68. The standard InChI is InChI=1S/C16H29N3S/c1-12(2)10-19-8-6-16(17,7-9-19)14-18-13(11-20-14)15(3,4)5/h11-12H,6-10,17H2,1-5H3. The number of likely N-dealkylation sites (tertiary alicyclic amines) is 1. The summed E-state index contributed by atoms with van der Waals surface area (Å²) in [5, 5.41) is 3.32. The molecular weight excluding hydrogens is 266 g/mol. The Hall–Kier alpha value is -0.450. The summed E-state index contributed by atoms with van der Waals surface area (Å²) in [6.45, 7) is 14.6. The molecule has 1 saturated heterocycles. The smallest absolute Gasteiger partial charge is 0.113 e. The largest absolute Gasteiger partial charge is 0.319 e. The van der Waals surface area contributed by atoms with E-state index in [1.165, 1.54) is 12.2 Å². The number of rotatable bonds is 3. The van der Waals surface area contributed by atoms with Gasteiger partial charge in [0, 0.05) is 30.4 Å². The van der Waals surface area contributed by atoms with Crippen LogP contribution >= 0.6 is 11.3 Å². The van der Waals surface area contributed by atoms with Crippen molar-refractivity contribution < 1.29 is 0 Å². The lowest BCUT2D eigenvalue weighted by molar-refractivity contribution is 0.148. The summed E-state index contributed by atoms with van der Waals surface area (Å²) in [6.07, 6.45) is 2.05. The van der Waals surface area contributed by atoms with E-state index in [2.05, 4.69) is 44.9 Å². The third-order valence-electron chi connectivity index (χ3n) is 4.07. The molecule has 1 aliphatic heterocycles. The van der Waals surface area contributed by atoms with E-state index in [0.29, 0.717) is 0 Å². The Morgan fingerprint density at radius 1 is 1.35 bits per heavy atom. The monoisotopic (exact) mass is 295 g/mol. The third-order valence-corrected chi connectivity index (χ3v) is 5.13. The first-order chi connectivity index (χ1) is 9.21.